The molecule has 0 radical (unpaired) electrons. The quantitative estimate of drug-likeness (QED) is 0.739. The van der Waals surface area contributed by atoms with Gasteiger partial charge in [0.15, 0.2) is 5.11 Å². The summed E-state index contributed by atoms with van der Waals surface area (Å²) in [5.41, 5.74) is 3.18. The van der Waals surface area contributed by atoms with Gasteiger partial charge in [0.25, 0.3) is 0 Å². The number of nitrogens with zero attached hydrogens (tertiary/aromatic N) is 1. The molecule has 0 atom stereocenters. The molecule has 1 fully saturated rings. The van der Waals surface area contributed by atoms with Crippen molar-refractivity contribution in [1.82, 2.24) is 5.32 Å². The number of hydrogen-bond donors (Lipinski definition) is 2. The number of rotatable bonds is 6. The van der Waals surface area contributed by atoms with Crippen molar-refractivity contribution >= 4 is 28.7 Å². The molecule has 0 unspecified atom stereocenters. The number of benzene rings is 2. The maximum atomic E-state index is 5.40. The van der Waals surface area contributed by atoms with E-state index >= 15 is 0 Å². The second kappa shape index (κ2) is 9.43. The topological polar surface area (TPSA) is 55.0 Å². The number of ether oxygens (including phenoxy) is 3. The summed E-state index contributed by atoms with van der Waals surface area (Å²) >= 11 is 5.40. The second-order valence-electron chi connectivity index (χ2n) is 6.14. The Kier molecular flexibility index (Phi) is 6.73. The first-order valence-electron chi connectivity index (χ1n) is 8.88. The van der Waals surface area contributed by atoms with E-state index < -0.39 is 0 Å². The van der Waals surface area contributed by atoms with Gasteiger partial charge in [-0.3, -0.25) is 0 Å². The van der Waals surface area contributed by atoms with Crippen LogP contribution in [0.2, 0.25) is 0 Å². The van der Waals surface area contributed by atoms with Gasteiger partial charge in [0, 0.05) is 31.4 Å². The van der Waals surface area contributed by atoms with E-state index in [1.807, 2.05) is 18.2 Å². The molecule has 3 rings (SSSR count). The predicted octanol–water partition coefficient (Wildman–Crippen LogP) is 3.03. The zero-order valence-corrected chi connectivity index (χ0v) is 16.5. The van der Waals surface area contributed by atoms with Crippen LogP contribution in [0.5, 0.6) is 11.5 Å². The summed E-state index contributed by atoms with van der Waals surface area (Å²) in [6.07, 6.45) is 0. The van der Waals surface area contributed by atoms with Crippen molar-refractivity contribution in [1.29, 1.82) is 0 Å². The lowest BCUT2D eigenvalue weighted by Gasteiger charge is -2.28. The van der Waals surface area contributed by atoms with E-state index in [2.05, 4.69) is 39.8 Å². The lowest BCUT2D eigenvalue weighted by Crippen LogP contribution is -2.36. The molecule has 0 bridgehead atoms. The first kappa shape index (κ1) is 19.3. The Labute approximate surface area is 165 Å². The van der Waals surface area contributed by atoms with Gasteiger partial charge in [-0.05, 0) is 42.0 Å². The fourth-order valence-corrected chi connectivity index (χ4v) is 3.08. The number of morpholine rings is 1. The van der Waals surface area contributed by atoms with E-state index in [0.29, 0.717) is 17.4 Å². The van der Waals surface area contributed by atoms with Crippen molar-refractivity contribution in [2.24, 2.45) is 0 Å². The first-order chi connectivity index (χ1) is 13.2. The molecule has 1 saturated heterocycles. The zero-order chi connectivity index (χ0) is 19.1. The second-order valence-corrected chi connectivity index (χ2v) is 6.55. The summed E-state index contributed by atoms with van der Waals surface area (Å²) in [4.78, 5) is 2.34. The molecule has 1 aliphatic heterocycles. The molecule has 2 aromatic rings. The summed E-state index contributed by atoms with van der Waals surface area (Å²) in [6, 6.07) is 14.1. The highest BCUT2D eigenvalue weighted by atomic mass is 32.1. The molecule has 0 aliphatic carbocycles. The van der Waals surface area contributed by atoms with Gasteiger partial charge in [0.05, 0.1) is 33.1 Å². The van der Waals surface area contributed by atoms with Crippen LogP contribution in [0.25, 0.3) is 0 Å². The molecule has 0 amide bonds. The van der Waals surface area contributed by atoms with Gasteiger partial charge in [-0.25, -0.2) is 0 Å². The normalized spacial score (nSPS) is 13.8. The van der Waals surface area contributed by atoms with Crippen molar-refractivity contribution in [3.05, 3.63) is 48.0 Å². The van der Waals surface area contributed by atoms with Crippen molar-refractivity contribution in [2.45, 2.75) is 6.54 Å². The molecule has 0 spiro atoms. The van der Waals surface area contributed by atoms with Gasteiger partial charge in [0.2, 0.25) is 0 Å². The molecular formula is C20H25N3O3S. The van der Waals surface area contributed by atoms with Gasteiger partial charge >= 0.3 is 0 Å². The number of anilines is 2. The van der Waals surface area contributed by atoms with Crippen LogP contribution < -0.4 is 25.0 Å². The fourth-order valence-electron chi connectivity index (χ4n) is 2.90. The van der Waals surface area contributed by atoms with Crippen molar-refractivity contribution < 1.29 is 14.2 Å². The van der Waals surface area contributed by atoms with Crippen LogP contribution >= 0.6 is 12.2 Å². The summed E-state index contributed by atoms with van der Waals surface area (Å²) in [5.74, 6) is 1.41. The van der Waals surface area contributed by atoms with E-state index in [0.717, 1.165) is 43.3 Å². The van der Waals surface area contributed by atoms with E-state index in [1.54, 1.807) is 14.2 Å². The monoisotopic (exact) mass is 387 g/mol. The molecular weight excluding hydrogens is 362 g/mol. The minimum Gasteiger partial charge on any atom is -0.497 e. The maximum absolute atomic E-state index is 5.40. The van der Waals surface area contributed by atoms with Gasteiger partial charge in [-0.2, -0.15) is 0 Å². The number of hydrogen-bond acceptors (Lipinski definition) is 5. The van der Waals surface area contributed by atoms with E-state index in [-0.39, 0.29) is 0 Å². The van der Waals surface area contributed by atoms with E-state index in [4.69, 9.17) is 26.4 Å². The van der Waals surface area contributed by atoms with Crippen LogP contribution in [-0.2, 0) is 11.3 Å². The molecule has 1 heterocycles. The zero-order valence-electron chi connectivity index (χ0n) is 15.7. The highest BCUT2D eigenvalue weighted by Gasteiger charge is 2.11. The molecule has 0 aromatic heterocycles. The van der Waals surface area contributed by atoms with Crippen LogP contribution in [0.15, 0.2) is 42.5 Å². The molecule has 144 valence electrons. The van der Waals surface area contributed by atoms with Gasteiger partial charge < -0.3 is 29.7 Å². The predicted molar refractivity (Wildman–Crippen MR) is 112 cm³/mol. The molecule has 7 heteroatoms. The van der Waals surface area contributed by atoms with Crippen LogP contribution in [-0.4, -0.2) is 45.6 Å². The van der Waals surface area contributed by atoms with E-state index in [9.17, 15) is 0 Å². The summed E-state index contributed by atoms with van der Waals surface area (Å²) in [6.45, 7) is 4.11. The van der Waals surface area contributed by atoms with Gasteiger partial charge in [-0.15, -0.1) is 0 Å². The highest BCUT2D eigenvalue weighted by Crippen LogP contribution is 2.28. The maximum Gasteiger partial charge on any atom is 0.171 e. The van der Waals surface area contributed by atoms with E-state index in [1.165, 1.54) is 5.69 Å². The van der Waals surface area contributed by atoms with Gasteiger partial charge in [-0.1, -0.05) is 12.1 Å². The SMILES string of the molecule is COc1ccc(NC(=S)NCc2ccc(N3CCOCC3)cc2)c(OC)c1. The minimum absolute atomic E-state index is 0.538. The largest absolute Gasteiger partial charge is 0.497 e. The van der Waals surface area contributed by atoms with Crippen LogP contribution in [0.1, 0.15) is 5.56 Å². The number of methoxy groups -OCH3 is 2. The summed E-state index contributed by atoms with van der Waals surface area (Å²) in [5, 5.41) is 6.93. The van der Waals surface area contributed by atoms with Crippen molar-refractivity contribution in [2.75, 3.05) is 50.7 Å². The smallest absolute Gasteiger partial charge is 0.171 e. The lowest BCUT2D eigenvalue weighted by molar-refractivity contribution is 0.122. The Balaban J connectivity index is 1.53. The van der Waals surface area contributed by atoms with Gasteiger partial charge in [0.1, 0.15) is 11.5 Å². The average Bonchev–Trinajstić information content (AvgIpc) is 2.73. The standard InChI is InChI=1S/C20H25N3O3S/c1-24-17-7-8-18(19(13-17)25-2)22-20(27)21-14-15-3-5-16(6-4-15)23-9-11-26-12-10-23/h3-8,13H,9-12,14H2,1-2H3,(H2,21,22,27). The average molecular weight is 388 g/mol. The third kappa shape index (κ3) is 5.24. The molecule has 2 aromatic carbocycles. The Bertz CT molecular complexity index is 762. The Hall–Kier alpha value is -2.51. The minimum atomic E-state index is 0.538. The Morgan fingerprint density at radius 2 is 1.81 bits per heavy atom. The lowest BCUT2D eigenvalue weighted by atomic mass is 10.2. The molecule has 0 saturated carbocycles. The van der Waals surface area contributed by atoms with Crippen molar-refractivity contribution in [3.63, 3.8) is 0 Å². The van der Waals surface area contributed by atoms with Crippen molar-refractivity contribution in [3.8, 4) is 11.5 Å². The third-order valence-corrected chi connectivity index (χ3v) is 4.67. The summed E-state index contributed by atoms with van der Waals surface area (Å²) in [7, 11) is 3.24. The Morgan fingerprint density at radius 3 is 2.48 bits per heavy atom. The van der Waals surface area contributed by atoms with Crippen LogP contribution in [0.3, 0.4) is 0 Å². The Morgan fingerprint density at radius 1 is 1.07 bits per heavy atom. The molecule has 27 heavy (non-hydrogen) atoms. The number of thiocarbonyl (C=S) groups is 1. The fraction of sp³-hybridized carbons (Fsp3) is 0.350. The van der Waals surface area contributed by atoms with Crippen LogP contribution in [0, 0.1) is 0 Å². The molecule has 2 N–H and O–H groups in total. The highest BCUT2D eigenvalue weighted by molar-refractivity contribution is 7.80. The molecule has 1 aliphatic rings. The first-order valence-corrected chi connectivity index (χ1v) is 9.29. The number of nitrogens with one attached hydrogen (secondary N) is 2. The molecule has 6 nitrogen and oxygen atoms in total. The van der Waals surface area contributed by atoms with Crippen LogP contribution in [0.4, 0.5) is 11.4 Å². The summed E-state index contributed by atoms with van der Waals surface area (Å²) < 4.78 is 16.0. The third-order valence-electron chi connectivity index (χ3n) is 4.42.